The zero-order chi connectivity index (χ0) is 9.42. The number of carbonyl (C=O) groups excluding carboxylic acids is 1. The number of hydrogen-bond acceptors (Lipinski definition) is 2. The van der Waals surface area contributed by atoms with Gasteiger partial charge in [-0.15, -0.1) is 0 Å². The van der Waals surface area contributed by atoms with Crippen LogP contribution in [-0.4, -0.2) is 10.2 Å². The predicted octanol–water partition coefficient (Wildman–Crippen LogP) is 2.09. The van der Waals surface area contributed by atoms with Crippen molar-refractivity contribution in [2.45, 2.75) is 12.3 Å². The van der Waals surface area contributed by atoms with E-state index in [1.54, 1.807) is 6.07 Å². The maximum Gasteiger partial charge on any atom is 0.225 e. The summed E-state index contributed by atoms with van der Waals surface area (Å²) >= 11 is 5.31. The highest BCUT2D eigenvalue weighted by Gasteiger charge is 2.43. The molecular formula is C9H7ClFNO. The second kappa shape index (κ2) is 3.07. The molecule has 1 saturated carbocycles. The second-order valence-corrected chi connectivity index (χ2v) is 3.53. The third-order valence-corrected chi connectivity index (χ3v) is 2.49. The van der Waals surface area contributed by atoms with Crippen LogP contribution < -0.4 is 0 Å². The number of halogens is 2. The summed E-state index contributed by atoms with van der Waals surface area (Å²) in [5.41, 5.74) is 0.750. The molecule has 1 aromatic rings. The first-order chi connectivity index (χ1) is 6.18. The Hall–Kier alpha value is -0.960. The number of nitrogens with zero attached hydrogens (tertiary/aromatic N) is 1. The molecule has 0 spiro atoms. The number of hydrogen-bond donors (Lipinski definition) is 0. The van der Waals surface area contributed by atoms with Gasteiger partial charge in [-0.1, -0.05) is 0 Å². The van der Waals surface area contributed by atoms with Crippen LogP contribution in [-0.2, 0) is 4.79 Å². The van der Waals surface area contributed by atoms with Gasteiger partial charge in [-0.3, -0.25) is 9.78 Å². The molecule has 0 unspecified atom stereocenters. The summed E-state index contributed by atoms with van der Waals surface area (Å²) in [5.74, 6) is -0.372. The second-order valence-electron chi connectivity index (χ2n) is 3.15. The quantitative estimate of drug-likeness (QED) is 0.683. The van der Waals surface area contributed by atoms with Crippen LogP contribution in [0.4, 0.5) is 4.39 Å². The van der Waals surface area contributed by atoms with Gasteiger partial charge in [-0.25, -0.2) is 4.39 Å². The van der Waals surface area contributed by atoms with Crippen molar-refractivity contribution in [3.05, 3.63) is 29.8 Å². The molecule has 0 aliphatic heterocycles. The van der Waals surface area contributed by atoms with Gasteiger partial charge < -0.3 is 0 Å². The Labute approximate surface area is 79.7 Å². The Morgan fingerprint density at radius 2 is 2.38 bits per heavy atom. The lowest BCUT2D eigenvalue weighted by molar-refractivity contribution is -0.112. The summed E-state index contributed by atoms with van der Waals surface area (Å²) in [6, 6.07) is 2.94. The minimum atomic E-state index is -0.363. The molecule has 2 atom stereocenters. The zero-order valence-corrected chi connectivity index (χ0v) is 7.46. The van der Waals surface area contributed by atoms with Crippen LogP contribution in [0.2, 0.25) is 0 Å². The van der Waals surface area contributed by atoms with E-state index in [-0.39, 0.29) is 22.9 Å². The fourth-order valence-electron chi connectivity index (χ4n) is 1.38. The molecule has 2 rings (SSSR count). The molecule has 0 bridgehead atoms. The van der Waals surface area contributed by atoms with Gasteiger partial charge in [0.15, 0.2) is 0 Å². The molecule has 13 heavy (non-hydrogen) atoms. The highest BCUT2D eigenvalue weighted by molar-refractivity contribution is 6.64. The van der Waals surface area contributed by atoms with Gasteiger partial charge >= 0.3 is 0 Å². The molecular weight excluding hydrogens is 193 g/mol. The van der Waals surface area contributed by atoms with Gasteiger partial charge in [0, 0.05) is 17.5 Å². The third-order valence-electron chi connectivity index (χ3n) is 2.21. The molecule has 4 heteroatoms. The van der Waals surface area contributed by atoms with Crippen molar-refractivity contribution < 1.29 is 9.18 Å². The van der Waals surface area contributed by atoms with Crippen LogP contribution >= 0.6 is 11.6 Å². The van der Waals surface area contributed by atoms with Crippen LogP contribution in [0.15, 0.2) is 18.3 Å². The minimum Gasteiger partial charge on any atom is -0.281 e. The van der Waals surface area contributed by atoms with E-state index in [1.807, 2.05) is 0 Å². The van der Waals surface area contributed by atoms with E-state index in [0.717, 1.165) is 18.3 Å². The lowest BCUT2D eigenvalue weighted by Gasteiger charge is -1.95. The Balaban J connectivity index is 2.12. The van der Waals surface area contributed by atoms with Gasteiger partial charge in [-0.2, -0.15) is 0 Å². The number of rotatable bonds is 2. The molecule has 0 radical (unpaired) electrons. The molecule has 1 aromatic heterocycles. The van der Waals surface area contributed by atoms with Gasteiger partial charge in [0.1, 0.15) is 5.82 Å². The van der Waals surface area contributed by atoms with Crippen LogP contribution in [0, 0.1) is 11.7 Å². The lowest BCUT2D eigenvalue weighted by Crippen LogP contribution is -1.94. The summed E-state index contributed by atoms with van der Waals surface area (Å²) < 4.78 is 12.5. The van der Waals surface area contributed by atoms with E-state index in [4.69, 9.17) is 11.6 Å². The molecule has 0 saturated heterocycles. The van der Waals surface area contributed by atoms with E-state index in [0.29, 0.717) is 0 Å². The molecule has 2 nitrogen and oxygen atoms in total. The first kappa shape index (κ1) is 8.63. The van der Waals surface area contributed by atoms with Crippen molar-refractivity contribution >= 4 is 16.8 Å². The fourth-order valence-corrected chi connectivity index (χ4v) is 1.62. The third kappa shape index (κ3) is 1.70. The Morgan fingerprint density at radius 3 is 2.85 bits per heavy atom. The monoisotopic (exact) mass is 199 g/mol. The summed E-state index contributed by atoms with van der Waals surface area (Å²) in [6.07, 6.45) is 1.89. The molecule has 1 fully saturated rings. The van der Waals surface area contributed by atoms with Crippen LogP contribution in [0.25, 0.3) is 0 Å². The van der Waals surface area contributed by atoms with Crippen molar-refractivity contribution in [2.75, 3.05) is 0 Å². The van der Waals surface area contributed by atoms with Crippen LogP contribution in [0.5, 0.6) is 0 Å². The van der Waals surface area contributed by atoms with Gasteiger partial charge in [0.25, 0.3) is 0 Å². The zero-order valence-electron chi connectivity index (χ0n) is 6.71. The first-order valence-corrected chi connectivity index (χ1v) is 4.37. The normalized spacial score (nSPS) is 25.7. The smallest absolute Gasteiger partial charge is 0.225 e. The van der Waals surface area contributed by atoms with E-state index in [2.05, 4.69) is 4.98 Å². The molecule has 0 aromatic carbocycles. The molecule has 0 amide bonds. The van der Waals surface area contributed by atoms with Crippen molar-refractivity contribution in [2.24, 2.45) is 5.92 Å². The maximum absolute atomic E-state index is 12.5. The highest BCUT2D eigenvalue weighted by Crippen LogP contribution is 2.47. The average molecular weight is 200 g/mol. The number of pyridine rings is 1. The van der Waals surface area contributed by atoms with E-state index in [1.165, 1.54) is 6.07 Å². The van der Waals surface area contributed by atoms with Crippen molar-refractivity contribution in [1.29, 1.82) is 0 Å². The summed E-state index contributed by atoms with van der Waals surface area (Å²) in [5, 5.41) is -0.323. The highest BCUT2D eigenvalue weighted by atomic mass is 35.5. The summed E-state index contributed by atoms with van der Waals surface area (Å²) in [7, 11) is 0. The Morgan fingerprint density at radius 1 is 1.62 bits per heavy atom. The van der Waals surface area contributed by atoms with E-state index < -0.39 is 0 Å². The molecule has 1 aliphatic rings. The van der Waals surface area contributed by atoms with Crippen LogP contribution in [0.1, 0.15) is 18.0 Å². The van der Waals surface area contributed by atoms with Gasteiger partial charge in [0.05, 0.1) is 6.20 Å². The van der Waals surface area contributed by atoms with Crippen molar-refractivity contribution in [1.82, 2.24) is 4.98 Å². The Kier molecular flexibility index (Phi) is 2.04. The average Bonchev–Trinajstić information content (AvgIpc) is 2.85. The molecule has 0 N–H and O–H groups in total. The largest absolute Gasteiger partial charge is 0.281 e. The van der Waals surface area contributed by atoms with Gasteiger partial charge in [-0.05, 0) is 30.2 Å². The topological polar surface area (TPSA) is 30.0 Å². The number of carbonyl (C=O) groups is 1. The van der Waals surface area contributed by atoms with Crippen LogP contribution in [0.3, 0.4) is 0 Å². The first-order valence-electron chi connectivity index (χ1n) is 3.99. The Bertz CT molecular complexity index is 338. The SMILES string of the molecule is O=C(Cl)[C@@H]1C[C@H]1c1ccc(F)cn1. The van der Waals surface area contributed by atoms with Gasteiger partial charge in [0.2, 0.25) is 5.24 Å². The standard InChI is InChI=1S/C9H7ClFNO/c10-9(13)7-3-6(7)8-2-1-5(11)4-12-8/h1-2,4,6-7H,3H2/t6-,7-/m1/s1. The van der Waals surface area contributed by atoms with E-state index in [9.17, 15) is 9.18 Å². The van der Waals surface area contributed by atoms with E-state index >= 15 is 0 Å². The van der Waals surface area contributed by atoms with Crippen molar-refractivity contribution in [3.63, 3.8) is 0 Å². The fraction of sp³-hybridized carbons (Fsp3) is 0.333. The molecule has 1 heterocycles. The molecule has 1 aliphatic carbocycles. The number of aromatic nitrogens is 1. The van der Waals surface area contributed by atoms with Crippen molar-refractivity contribution in [3.8, 4) is 0 Å². The molecule has 68 valence electrons. The summed E-state index contributed by atoms with van der Waals surface area (Å²) in [4.78, 5) is 14.6. The minimum absolute atomic E-state index is 0.102. The maximum atomic E-state index is 12.5. The lowest BCUT2D eigenvalue weighted by atomic mass is 10.2. The predicted molar refractivity (Wildman–Crippen MR) is 45.9 cm³/mol. The summed E-state index contributed by atoms with van der Waals surface area (Å²) in [6.45, 7) is 0.